The molecule has 2 heterocycles. The number of carbonyl (C=O) groups excluding carboxylic acids is 1. The molecule has 0 radical (unpaired) electrons. The SMILES string of the molecule is CCCCOP(=O)(CCC/C=C(/C)CN(CC(O)C(Cc1ccccc1)NC(=O)OC1COC2OCCC12)S(=O)(=O)c1ccc(OC)cc1)OCCCC. The van der Waals surface area contributed by atoms with Crippen LogP contribution in [0.1, 0.15) is 71.3 Å². The van der Waals surface area contributed by atoms with Gasteiger partial charge in [-0.3, -0.25) is 4.57 Å². The number of sulfonamides is 1. The van der Waals surface area contributed by atoms with Crippen molar-refractivity contribution in [2.24, 2.45) is 5.92 Å². The lowest BCUT2D eigenvalue weighted by molar-refractivity contribution is -0.0907. The lowest BCUT2D eigenvalue weighted by Crippen LogP contribution is -2.51. The van der Waals surface area contributed by atoms with Crippen LogP contribution in [0.4, 0.5) is 4.79 Å². The van der Waals surface area contributed by atoms with Gasteiger partial charge in [-0.05, 0) is 75.3 Å². The molecule has 13 nitrogen and oxygen atoms in total. The molecule has 0 spiro atoms. The molecule has 2 aromatic carbocycles. The minimum atomic E-state index is -4.14. The van der Waals surface area contributed by atoms with Gasteiger partial charge in [-0.2, -0.15) is 4.31 Å². The van der Waals surface area contributed by atoms with Gasteiger partial charge < -0.3 is 38.4 Å². The topological polar surface area (TPSA) is 159 Å². The van der Waals surface area contributed by atoms with Gasteiger partial charge in [-0.15, -0.1) is 0 Å². The largest absolute Gasteiger partial charge is 0.497 e. The average molecular weight is 795 g/mol. The van der Waals surface area contributed by atoms with Crippen molar-refractivity contribution in [3.63, 3.8) is 0 Å². The van der Waals surface area contributed by atoms with Gasteiger partial charge in [0.1, 0.15) is 11.9 Å². The van der Waals surface area contributed by atoms with Crippen LogP contribution in [0.3, 0.4) is 0 Å². The van der Waals surface area contributed by atoms with Gasteiger partial charge in [0.2, 0.25) is 10.0 Å². The third-order valence-electron chi connectivity index (χ3n) is 9.52. The monoisotopic (exact) mass is 794 g/mol. The maximum absolute atomic E-state index is 14.2. The number of fused-ring (bicyclic) bond motifs is 1. The Morgan fingerprint density at radius 2 is 1.72 bits per heavy atom. The van der Waals surface area contributed by atoms with Crippen molar-refractivity contribution in [3.05, 3.63) is 71.8 Å². The summed E-state index contributed by atoms with van der Waals surface area (Å²) in [5.74, 6) is 0.433. The molecular formula is C39H59N2O11PS. The number of hydrogen-bond donors (Lipinski definition) is 2. The summed E-state index contributed by atoms with van der Waals surface area (Å²) < 4.78 is 76.6. The third kappa shape index (κ3) is 13.4. The molecule has 0 saturated carbocycles. The average Bonchev–Trinajstić information content (AvgIpc) is 3.79. The molecule has 2 fully saturated rings. The van der Waals surface area contributed by atoms with E-state index in [2.05, 4.69) is 5.32 Å². The van der Waals surface area contributed by atoms with E-state index in [-0.39, 0.29) is 43.1 Å². The predicted molar refractivity (Wildman–Crippen MR) is 206 cm³/mol. The number of benzene rings is 2. The van der Waals surface area contributed by atoms with Crippen LogP contribution in [0.15, 0.2) is 71.1 Å². The van der Waals surface area contributed by atoms with Crippen LogP contribution in [0.5, 0.6) is 5.75 Å². The van der Waals surface area contributed by atoms with E-state index in [4.69, 9.17) is 28.0 Å². The number of carbonyl (C=O) groups is 1. The van der Waals surface area contributed by atoms with Crippen LogP contribution in [0, 0.1) is 5.92 Å². The number of ether oxygens (including phenoxy) is 4. The number of allylic oxidation sites excluding steroid dienone is 1. The van der Waals surface area contributed by atoms with Crippen molar-refractivity contribution in [2.45, 2.75) is 102 Å². The minimum absolute atomic E-state index is 0.0271. The first kappa shape index (κ1) is 43.9. The number of nitrogens with zero attached hydrogens (tertiary/aromatic N) is 1. The Labute approximate surface area is 321 Å². The molecule has 0 bridgehead atoms. The Balaban J connectivity index is 1.50. The standard InChI is InChI=1S/C39H59N2O11PS/c1-5-7-22-50-53(44,51-23-8-6-2)25-13-12-14-30(3)27-41(54(45,46)33-19-17-32(47-4)18-20-33)28-36(42)35(26-31-15-10-9-11-16-31)40-39(43)52-37-29-49-38-34(37)21-24-48-38/h9-11,14-20,34-38,42H,5-8,12-13,21-29H2,1-4H3,(H,40,43)/b30-14-. The van der Waals surface area contributed by atoms with Gasteiger partial charge in [0.05, 0.1) is 62.7 Å². The normalized spacial score (nSPS) is 20.1. The Hall–Kier alpha value is -2.81. The summed E-state index contributed by atoms with van der Waals surface area (Å²) in [5, 5.41) is 14.6. The van der Waals surface area contributed by atoms with E-state index in [9.17, 15) is 22.9 Å². The molecule has 2 aliphatic rings. The van der Waals surface area contributed by atoms with Gasteiger partial charge >= 0.3 is 13.7 Å². The Morgan fingerprint density at radius 1 is 1.04 bits per heavy atom. The molecule has 2 saturated heterocycles. The smallest absolute Gasteiger partial charge is 0.407 e. The van der Waals surface area contributed by atoms with Crippen LogP contribution in [0.2, 0.25) is 0 Å². The molecule has 2 aliphatic heterocycles. The highest BCUT2D eigenvalue weighted by molar-refractivity contribution is 7.89. The zero-order valence-corrected chi connectivity index (χ0v) is 33.8. The molecule has 15 heteroatoms. The van der Waals surface area contributed by atoms with Crippen LogP contribution < -0.4 is 10.1 Å². The first-order valence-electron chi connectivity index (χ1n) is 19.1. The molecule has 5 atom stereocenters. The number of unbranched alkanes of at least 4 members (excludes halogenated alkanes) is 3. The Morgan fingerprint density at radius 3 is 2.37 bits per heavy atom. The van der Waals surface area contributed by atoms with Gasteiger partial charge in [0.25, 0.3) is 0 Å². The summed E-state index contributed by atoms with van der Waals surface area (Å²) in [5.41, 5.74) is 1.57. The fourth-order valence-corrected chi connectivity index (χ4v) is 9.56. The number of nitrogens with one attached hydrogen (secondary N) is 1. The van der Waals surface area contributed by atoms with Crippen molar-refractivity contribution in [3.8, 4) is 5.75 Å². The fraction of sp³-hybridized carbons (Fsp3) is 0.615. The fourth-order valence-electron chi connectivity index (χ4n) is 6.34. The van der Waals surface area contributed by atoms with Crippen LogP contribution in [-0.4, -0.2) is 101 Å². The molecule has 302 valence electrons. The second kappa shape index (κ2) is 22.1. The number of rotatable bonds is 24. The van der Waals surface area contributed by atoms with Gasteiger partial charge in [-0.25, -0.2) is 13.2 Å². The molecule has 0 aliphatic carbocycles. The van der Waals surface area contributed by atoms with Crippen molar-refractivity contribution in [1.82, 2.24) is 9.62 Å². The lowest BCUT2D eigenvalue weighted by Gasteiger charge is -2.30. The summed E-state index contributed by atoms with van der Waals surface area (Å²) in [6.45, 7) is 7.02. The number of aliphatic hydroxyl groups excluding tert-OH is 1. The van der Waals surface area contributed by atoms with Crippen molar-refractivity contribution >= 4 is 23.7 Å². The van der Waals surface area contributed by atoms with Crippen molar-refractivity contribution in [2.75, 3.05) is 52.8 Å². The summed E-state index contributed by atoms with van der Waals surface area (Å²) in [7, 11) is -5.91. The predicted octanol–water partition coefficient (Wildman–Crippen LogP) is 6.70. The van der Waals surface area contributed by atoms with E-state index >= 15 is 0 Å². The highest BCUT2D eigenvalue weighted by Crippen LogP contribution is 2.49. The van der Waals surface area contributed by atoms with E-state index < -0.39 is 48.3 Å². The number of hydrogen-bond acceptors (Lipinski definition) is 11. The highest BCUT2D eigenvalue weighted by Gasteiger charge is 2.44. The molecule has 2 N–H and O–H groups in total. The second-order valence-electron chi connectivity index (χ2n) is 13.9. The zero-order valence-electron chi connectivity index (χ0n) is 32.1. The summed E-state index contributed by atoms with van der Waals surface area (Å²) in [4.78, 5) is 13.3. The van der Waals surface area contributed by atoms with E-state index in [1.807, 2.05) is 57.2 Å². The number of aliphatic hydroxyl groups is 1. The second-order valence-corrected chi connectivity index (χ2v) is 18.0. The molecular weight excluding hydrogens is 735 g/mol. The quantitative estimate of drug-likeness (QED) is 0.0662. The third-order valence-corrected chi connectivity index (χ3v) is 13.4. The van der Waals surface area contributed by atoms with Crippen LogP contribution in [-0.2, 0) is 44.3 Å². The minimum Gasteiger partial charge on any atom is -0.497 e. The van der Waals surface area contributed by atoms with Gasteiger partial charge in [0, 0.05) is 13.1 Å². The molecule has 4 rings (SSSR count). The molecule has 54 heavy (non-hydrogen) atoms. The number of alkyl carbamates (subject to hydrolysis) is 1. The zero-order chi connectivity index (χ0) is 39.0. The van der Waals surface area contributed by atoms with E-state index in [1.54, 1.807) is 12.1 Å². The number of methoxy groups -OCH3 is 1. The van der Waals surface area contributed by atoms with E-state index in [0.717, 1.165) is 36.8 Å². The molecule has 0 aromatic heterocycles. The Bertz CT molecular complexity index is 1600. The highest BCUT2D eigenvalue weighted by atomic mass is 32.2. The molecule has 2 aromatic rings. The molecule has 5 unspecified atom stereocenters. The van der Waals surface area contributed by atoms with Crippen LogP contribution in [0.25, 0.3) is 0 Å². The Kier molecular flexibility index (Phi) is 17.9. The van der Waals surface area contributed by atoms with Crippen molar-refractivity contribution < 1.29 is 50.9 Å². The summed E-state index contributed by atoms with van der Waals surface area (Å²) in [6, 6.07) is 14.5. The first-order valence-corrected chi connectivity index (χ1v) is 22.2. The summed E-state index contributed by atoms with van der Waals surface area (Å²) in [6.07, 6.45) is 4.60. The molecule has 1 amide bonds. The van der Waals surface area contributed by atoms with Crippen LogP contribution >= 0.6 is 7.60 Å². The van der Waals surface area contributed by atoms with Gasteiger partial charge in [-0.1, -0.05) is 68.7 Å². The maximum atomic E-state index is 14.2. The summed E-state index contributed by atoms with van der Waals surface area (Å²) >= 11 is 0. The first-order chi connectivity index (χ1) is 26.0. The van der Waals surface area contributed by atoms with Crippen molar-refractivity contribution in [1.29, 1.82) is 0 Å². The lowest BCUT2D eigenvalue weighted by atomic mass is 10.0. The van der Waals surface area contributed by atoms with E-state index in [1.165, 1.54) is 23.5 Å². The van der Waals surface area contributed by atoms with Gasteiger partial charge in [0.15, 0.2) is 6.29 Å². The number of amides is 1. The van der Waals surface area contributed by atoms with E-state index in [0.29, 0.717) is 44.8 Å². The maximum Gasteiger partial charge on any atom is 0.407 e.